The molecule has 0 spiro atoms. The van der Waals surface area contributed by atoms with Gasteiger partial charge in [-0.15, -0.1) is 0 Å². The number of hydrogen-bond donors (Lipinski definition) is 0. The van der Waals surface area contributed by atoms with Gasteiger partial charge in [0.2, 0.25) is 0 Å². The Kier molecular flexibility index (Phi) is 6.54. The topological polar surface area (TPSA) is 0 Å². The summed E-state index contributed by atoms with van der Waals surface area (Å²) in [5.74, 6) is 0.851. The fourth-order valence-electron chi connectivity index (χ4n) is 2.49. The minimum atomic E-state index is 0.644. The Balaban J connectivity index is 4.26. The first-order chi connectivity index (χ1) is 6.13. The van der Waals surface area contributed by atoms with E-state index in [1.165, 1.54) is 38.4 Å². The summed E-state index contributed by atoms with van der Waals surface area (Å²) < 4.78 is 0. The smallest absolute Gasteiger partial charge is 0.0753 e. The predicted octanol–water partition coefficient (Wildman–Crippen LogP) is 3.67. The summed E-state index contributed by atoms with van der Waals surface area (Å²) in [7, 11) is 2.37. The van der Waals surface area contributed by atoms with Crippen molar-refractivity contribution in [2.75, 3.05) is 0 Å². The van der Waals surface area contributed by atoms with E-state index < -0.39 is 0 Å². The van der Waals surface area contributed by atoms with Gasteiger partial charge in [0.1, 0.15) is 7.85 Å². The Labute approximate surface area is 85.9 Å². The molecule has 0 amide bonds. The molecule has 0 aromatic heterocycles. The highest BCUT2D eigenvalue weighted by Gasteiger charge is 2.29. The second-order valence-electron chi connectivity index (χ2n) is 4.72. The SMILES string of the molecule is BCC(CCC)(CCCC)C(C)C. The summed E-state index contributed by atoms with van der Waals surface area (Å²) in [6.45, 7) is 9.41. The molecule has 0 heterocycles. The molecule has 0 saturated carbocycles. The van der Waals surface area contributed by atoms with Crippen LogP contribution in [-0.4, -0.2) is 7.85 Å². The van der Waals surface area contributed by atoms with Crippen molar-refractivity contribution in [3.63, 3.8) is 0 Å². The molecule has 0 nitrogen and oxygen atoms in total. The van der Waals surface area contributed by atoms with Gasteiger partial charge in [0.05, 0.1) is 0 Å². The third kappa shape index (κ3) is 3.75. The van der Waals surface area contributed by atoms with Gasteiger partial charge in [0.15, 0.2) is 0 Å². The molecule has 1 unspecified atom stereocenters. The minimum Gasteiger partial charge on any atom is -0.0753 e. The lowest BCUT2D eigenvalue weighted by Crippen LogP contribution is -2.26. The monoisotopic (exact) mass is 182 g/mol. The summed E-state index contributed by atoms with van der Waals surface area (Å²) in [6, 6.07) is 0. The second-order valence-corrected chi connectivity index (χ2v) is 4.72. The maximum atomic E-state index is 2.40. The zero-order valence-electron chi connectivity index (χ0n) is 10.3. The highest BCUT2D eigenvalue weighted by atomic mass is 14.3. The van der Waals surface area contributed by atoms with Crippen LogP contribution in [0.5, 0.6) is 0 Å². The Morgan fingerprint density at radius 1 is 1.08 bits per heavy atom. The van der Waals surface area contributed by atoms with Crippen LogP contribution in [0.4, 0.5) is 0 Å². The van der Waals surface area contributed by atoms with Crippen molar-refractivity contribution < 1.29 is 0 Å². The van der Waals surface area contributed by atoms with Crippen LogP contribution >= 0.6 is 0 Å². The highest BCUT2D eigenvalue weighted by molar-refractivity contribution is 6.09. The van der Waals surface area contributed by atoms with Crippen LogP contribution in [0.1, 0.15) is 59.8 Å². The van der Waals surface area contributed by atoms with Crippen molar-refractivity contribution in [1.29, 1.82) is 0 Å². The molecule has 0 saturated heterocycles. The molecule has 1 heteroatoms. The van der Waals surface area contributed by atoms with Gasteiger partial charge in [-0.1, -0.05) is 53.3 Å². The first kappa shape index (κ1) is 13.1. The van der Waals surface area contributed by atoms with Crippen LogP contribution in [0.15, 0.2) is 0 Å². The van der Waals surface area contributed by atoms with Gasteiger partial charge in [-0.05, 0) is 24.2 Å². The molecule has 0 aliphatic rings. The normalized spacial score (nSPS) is 16.1. The predicted molar refractivity (Wildman–Crippen MR) is 65.1 cm³/mol. The summed E-state index contributed by atoms with van der Waals surface area (Å²) in [4.78, 5) is 0. The van der Waals surface area contributed by atoms with Gasteiger partial charge in [-0.25, -0.2) is 0 Å². The van der Waals surface area contributed by atoms with Gasteiger partial charge in [-0.3, -0.25) is 0 Å². The molecular formula is C12H27B. The molecule has 0 radical (unpaired) electrons. The first-order valence-corrected chi connectivity index (χ1v) is 6.13. The van der Waals surface area contributed by atoms with E-state index in [2.05, 4.69) is 35.5 Å². The largest absolute Gasteiger partial charge is 0.102 e. The lowest BCUT2D eigenvalue weighted by atomic mass is 9.63. The fraction of sp³-hybridized carbons (Fsp3) is 1.00. The average Bonchev–Trinajstić information content (AvgIpc) is 2.12. The van der Waals surface area contributed by atoms with Gasteiger partial charge in [-0.2, -0.15) is 0 Å². The molecule has 0 bridgehead atoms. The van der Waals surface area contributed by atoms with Crippen LogP contribution < -0.4 is 0 Å². The molecule has 0 rings (SSSR count). The Bertz CT molecular complexity index is 120. The standard InChI is InChI=1S/C12H27B/c1-5-7-9-12(10-13,8-6-2)11(3)4/h11H,5-10,13H2,1-4H3. The van der Waals surface area contributed by atoms with Crippen LogP contribution in [0, 0.1) is 11.3 Å². The first-order valence-electron chi connectivity index (χ1n) is 6.13. The second kappa shape index (κ2) is 6.51. The van der Waals surface area contributed by atoms with Gasteiger partial charge in [0, 0.05) is 0 Å². The lowest BCUT2D eigenvalue weighted by molar-refractivity contribution is 0.175. The Morgan fingerprint density at radius 3 is 2.00 bits per heavy atom. The molecule has 78 valence electrons. The van der Waals surface area contributed by atoms with E-state index in [9.17, 15) is 0 Å². The van der Waals surface area contributed by atoms with E-state index in [0.717, 1.165) is 5.92 Å². The quantitative estimate of drug-likeness (QED) is 0.527. The number of unbranched alkanes of at least 4 members (excludes halogenated alkanes) is 1. The van der Waals surface area contributed by atoms with E-state index in [-0.39, 0.29) is 0 Å². The van der Waals surface area contributed by atoms with E-state index in [1.807, 2.05) is 0 Å². The zero-order valence-corrected chi connectivity index (χ0v) is 10.3. The van der Waals surface area contributed by atoms with Crippen molar-refractivity contribution in [2.45, 2.75) is 66.1 Å². The minimum absolute atomic E-state index is 0.644. The van der Waals surface area contributed by atoms with E-state index in [4.69, 9.17) is 0 Å². The van der Waals surface area contributed by atoms with Gasteiger partial charge < -0.3 is 0 Å². The van der Waals surface area contributed by atoms with Gasteiger partial charge in [0.25, 0.3) is 0 Å². The summed E-state index contributed by atoms with van der Waals surface area (Å²) in [6.07, 6.45) is 8.31. The molecule has 0 aromatic carbocycles. The van der Waals surface area contributed by atoms with Crippen molar-refractivity contribution in [3.05, 3.63) is 0 Å². The van der Waals surface area contributed by atoms with Gasteiger partial charge >= 0.3 is 0 Å². The average molecular weight is 182 g/mol. The third-order valence-electron chi connectivity index (χ3n) is 3.70. The Hall–Kier alpha value is 0.0649. The van der Waals surface area contributed by atoms with Crippen LogP contribution in [-0.2, 0) is 0 Å². The molecule has 13 heavy (non-hydrogen) atoms. The van der Waals surface area contributed by atoms with Crippen molar-refractivity contribution >= 4 is 7.85 Å². The molecule has 0 aliphatic carbocycles. The number of hydrogen-bond acceptors (Lipinski definition) is 0. The van der Waals surface area contributed by atoms with Crippen LogP contribution in [0.25, 0.3) is 0 Å². The molecule has 1 atom stereocenters. The van der Waals surface area contributed by atoms with Crippen LogP contribution in [0.2, 0.25) is 6.32 Å². The molecular weight excluding hydrogens is 155 g/mol. The molecule has 0 N–H and O–H groups in total. The van der Waals surface area contributed by atoms with Crippen molar-refractivity contribution in [1.82, 2.24) is 0 Å². The van der Waals surface area contributed by atoms with E-state index in [0.29, 0.717) is 5.41 Å². The highest BCUT2D eigenvalue weighted by Crippen LogP contribution is 2.40. The molecule has 0 aliphatic heterocycles. The Morgan fingerprint density at radius 2 is 1.69 bits per heavy atom. The zero-order chi connectivity index (χ0) is 10.3. The molecule has 0 aromatic rings. The third-order valence-corrected chi connectivity index (χ3v) is 3.70. The van der Waals surface area contributed by atoms with Crippen molar-refractivity contribution in [2.24, 2.45) is 11.3 Å². The summed E-state index contributed by atoms with van der Waals surface area (Å²) in [5.41, 5.74) is 0.644. The van der Waals surface area contributed by atoms with E-state index in [1.54, 1.807) is 0 Å². The summed E-state index contributed by atoms with van der Waals surface area (Å²) >= 11 is 0. The van der Waals surface area contributed by atoms with Crippen LogP contribution in [0.3, 0.4) is 0 Å². The maximum absolute atomic E-state index is 2.40. The summed E-state index contributed by atoms with van der Waals surface area (Å²) in [5, 5.41) is 0. The fourth-order valence-corrected chi connectivity index (χ4v) is 2.49. The lowest BCUT2D eigenvalue weighted by Gasteiger charge is -2.37. The van der Waals surface area contributed by atoms with Crippen molar-refractivity contribution in [3.8, 4) is 0 Å². The maximum Gasteiger partial charge on any atom is 0.102 e. The molecule has 0 fully saturated rings. The van der Waals surface area contributed by atoms with E-state index >= 15 is 0 Å². The number of rotatable bonds is 7.